The molecule has 3 N–H and O–H groups in total. The number of amides is 5. The van der Waals surface area contributed by atoms with Gasteiger partial charge in [0, 0.05) is 25.4 Å². The van der Waals surface area contributed by atoms with E-state index in [0.29, 0.717) is 51.6 Å². The molecule has 3 saturated carbocycles. The van der Waals surface area contributed by atoms with Gasteiger partial charge in [0.2, 0.25) is 21.8 Å². The second-order valence-corrected chi connectivity index (χ2v) is 17.2. The first-order valence-electron chi connectivity index (χ1n) is 18.9. The molecule has 4 fully saturated rings. The van der Waals surface area contributed by atoms with E-state index in [-0.39, 0.29) is 25.5 Å². The number of benzene rings is 1. The molecule has 52 heavy (non-hydrogen) atoms. The minimum absolute atomic E-state index is 0.0362. The molecule has 282 valence electrons. The third kappa shape index (κ3) is 8.08. The fraction of sp³-hybridized carbons (Fsp3) is 0.649. The molecule has 3 aliphatic heterocycles. The van der Waals surface area contributed by atoms with Gasteiger partial charge in [-0.1, -0.05) is 49.3 Å². The molecule has 5 amide bonds. The molecule has 0 bridgehead atoms. The highest BCUT2D eigenvalue weighted by atomic mass is 32.2. The molecule has 0 aromatic heterocycles. The molecule has 6 aliphatic rings. The topological polar surface area (TPSA) is 181 Å². The summed E-state index contributed by atoms with van der Waals surface area (Å²) < 4.78 is 39.3. The number of nitrogens with one attached hydrogen (secondary N) is 3. The first-order chi connectivity index (χ1) is 25.0. The van der Waals surface area contributed by atoms with E-state index in [2.05, 4.69) is 15.4 Å². The van der Waals surface area contributed by atoms with Crippen molar-refractivity contribution in [1.29, 1.82) is 0 Å². The number of ether oxygens (including phenoxy) is 2. The molecule has 7 rings (SSSR count). The molecule has 1 aromatic rings. The summed E-state index contributed by atoms with van der Waals surface area (Å²) in [4.78, 5) is 71.7. The van der Waals surface area contributed by atoms with Crippen LogP contribution in [0.4, 0.5) is 9.59 Å². The SMILES string of the molecule is O=C(N[C@H]1CCCCC/C=C\[C@@H]2C[C@@]2(C(=O)NS(=O)(=O)C2CC2)NC(=O)[C@@H]2C[C@@H](OC(=O)N3CCc4ccccc4C3)CN2C1=O)OC1CCCC1. The van der Waals surface area contributed by atoms with Crippen LogP contribution >= 0.6 is 0 Å². The van der Waals surface area contributed by atoms with Crippen LogP contribution < -0.4 is 15.4 Å². The third-order valence-corrected chi connectivity index (χ3v) is 13.2. The average Bonchev–Trinajstić information content (AvgIpc) is 4.00. The number of rotatable bonds is 6. The largest absolute Gasteiger partial charge is 0.446 e. The number of allylic oxidation sites excluding steroid dienone is 1. The number of carbonyl (C=O) groups excluding carboxylic acids is 5. The van der Waals surface area contributed by atoms with Crippen LogP contribution in [-0.4, -0.2) is 96.3 Å². The number of carbonyl (C=O) groups is 5. The summed E-state index contributed by atoms with van der Waals surface area (Å²) in [6.07, 6.45) is 9.95. The highest BCUT2D eigenvalue weighted by molar-refractivity contribution is 7.91. The number of fused-ring (bicyclic) bond motifs is 3. The van der Waals surface area contributed by atoms with Gasteiger partial charge in [0.25, 0.3) is 5.91 Å². The molecule has 15 heteroatoms. The van der Waals surface area contributed by atoms with Gasteiger partial charge in [-0.2, -0.15) is 0 Å². The number of hydrogen-bond acceptors (Lipinski definition) is 9. The van der Waals surface area contributed by atoms with Crippen molar-refractivity contribution in [1.82, 2.24) is 25.2 Å². The second kappa shape index (κ2) is 15.1. The van der Waals surface area contributed by atoms with Crippen LogP contribution in [-0.2, 0) is 46.8 Å². The Kier molecular flexibility index (Phi) is 10.5. The van der Waals surface area contributed by atoms with Crippen molar-refractivity contribution >= 4 is 39.9 Å². The zero-order valence-electron chi connectivity index (χ0n) is 29.4. The van der Waals surface area contributed by atoms with Crippen molar-refractivity contribution in [3.63, 3.8) is 0 Å². The summed E-state index contributed by atoms with van der Waals surface area (Å²) in [7, 11) is -3.89. The molecular weight excluding hydrogens is 690 g/mol. The maximum atomic E-state index is 14.4. The maximum absolute atomic E-state index is 14.4. The van der Waals surface area contributed by atoms with Crippen LogP contribution in [0.3, 0.4) is 0 Å². The fourth-order valence-corrected chi connectivity index (χ4v) is 9.41. The lowest BCUT2D eigenvalue weighted by Gasteiger charge is -2.30. The molecule has 5 atom stereocenters. The van der Waals surface area contributed by atoms with Gasteiger partial charge in [0.15, 0.2) is 0 Å². The van der Waals surface area contributed by atoms with E-state index in [1.54, 1.807) is 4.90 Å². The maximum Gasteiger partial charge on any atom is 0.410 e. The Bertz CT molecular complexity index is 1710. The van der Waals surface area contributed by atoms with Gasteiger partial charge in [0.1, 0.15) is 29.8 Å². The average molecular weight is 740 g/mol. The quantitative estimate of drug-likeness (QED) is 0.370. The summed E-state index contributed by atoms with van der Waals surface area (Å²) >= 11 is 0. The van der Waals surface area contributed by atoms with Gasteiger partial charge in [-0.05, 0) is 81.8 Å². The Hall–Kier alpha value is -4.14. The van der Waals surface area contributed by atoms with Gasteiger partial charge in [0.05, 0.1) is 11.8 Å². The van der Waals surface area contributed by atoms with Crippen LogP contribution in [0.25, 0.3) is 0 Å². The predicted molar refractivity (Wildman–Crippen MR) is 188 cm³/mol. The second-order valence-electron chi connectivity index (χ2n) is 15.2. The van der Waals surface area contributed by atoms with Crippen molar-refractivity contribution in [2.45, 2.75) is 132 Å². The van der Waals surface area contributed by atoms with Crippen LogP contribution in [0, 0.1) is 5.92 Å². The highest BCUT2D eigenvalue weighted by Crippen LogP contribution is 2.46. The molecule has 14 nitrogen and oxygen atoms in total. The molecule has 3 heterocycles. The summed E-state index contributed by atoms with van der Waals surface area (Å²) in [5, 5.41) is 4.98. The number of hydrogen-bond donors (Lipinski definition) is 3. The van der Waals surface area contributed by atoms with Gasteiger partial charge in [-0.15, -0.1) is 0 Å². The van der Waals surface area contributed by atoms with E-state index in [9.17, 15) is 32.4 Å². The Morgan fingerprint density at radius 1 is 0.904 bits per heavy atom. The standard InChI is InChI=1S/C37H49N5O9S/c43-32-31-20-28(51-36(47)41-19-18-24-10-6-7-11-25(24)22-41)23-42(31)33(44)30(38-35(46)50-27-13-8-9-14-27)15-5-3-1-2-4-12-26-21-37(26,39-32)34(45)40-52(48,49)29-16-17-29/h4,6-7,10-12,26-31H,1-3,5,8-9,13-23H2,(H,38,46)(H,39,43)(H,40,45)/b12-4-/t26-,28-,30+,31+,37-/m1/s1. The van der Waals surface area contributed by atoms with E-state index in [1.165, 1.54) is 10.5 Å². The van der Waals surface area contributed by atoms with Gasteiger partial charge in [-0.25, -0.2) is 18.0 Å². The molecule has 0 spiro atoms. The Balaban J connectivity index is 1.12. The molecule has 1 aromatic carbocycles. The smallest absolute Gasteiger partial charge is 0.410 e. The van der Waals surface area contributed by atoms with Crippen molar-refractivity contribution in [2.24, 2.45) is 5.92 Å². The molecule has 0 radical (unpaired) electrons. The Morgan fingerprint density at radius 2 is 1.65 bits per heavy atom. The first-order valence-corrected chi connectivity index (χ1v) is 20.4. The highest BCUT2D eigenvalue weighted by Gasteiger charge is 2.62. The molecule has 3 aliphatic carbocycles. The summed E-state index contributed by atoms with van der Waals surface area (Å²) in [5.74, 6) is -2.40. The Labute approximate surface area is 304 Å². The lowest BCUT2D eigenvalue weighted by atomic mass is 10.0. The van der Waals surface area contributed by atoms with Crippen LogP contribution in [0.1, 0.15) is 94.6 Å². The number of nitrogens with zero attached hydrogens (tertiary/aromatic N) is 2. The minimum Gasteiger partial charge on any atom is -0.446 e. The van der Waals surface area contributed by atoms with Crippen LogP contribution in [0.5, 0.6) is 0 Å². The fourth-order valence-electron chi connectivity index (χ4n) is 8.05. The zero-order chi connectivity index (χ0) is 36.5. The zero-order valence-corrected chi connectivity index (χ0v) is 30.2. The predicted octanol–water partition coefficient (Wildman–Crippen LogP) is 3.19. The van der Waals surface area contributed by atoms with Crippen LogP contribution in [0.2, 0.25) is 0 Å². The third-order valence-electron chi connectivity index (χ3n) is 11.4. The van der Waals surface area contributed by atoms with Gasteiger partial charge in [-0.3, -0.25) is 19.1 Å². The van der Waals surface area contributed by atoms with Crippen LogP contribution in [0.15, 0.2) is 36.4 Å². The Morgan fingerprint density at radius 3 is 2.42 bits per heavy atom. The molecule has 0 unspecified atom stereocenters. The number of sulfonamides is 1. The first kappa shape index (κ1) is 36.2. The van der Waals surface area contributed by atoms with Crippen molar-refractivity contribution < 1.29 is 41.9 Å². The molecular formula is C37H49N5O9S. The van der Waals surface area contributed by atoms with Crippen molar-refractivity contribution in [3.8, 4) is 0 Å². The van der Waals surface area contributed by atoms with E-state index < -0.39 is 74.8 Å². The van der Waals surface area contributed by atoms with E-state index >= 15 is 0 Å². The lowest BCUT2D eigenvalue weighted by molar-refractivity contribution is -0.141. The van der Waals surface area contributed by atoms with E-state index in [4.69, 9.17) is 9.47 Å². The van der Waals surface area contributed by atoms with E-state index in [0.717, 1.165) is 44.1 Å². The molecule has 1 saturated heterocycles. The summed E-state index contributed by atoms with van der Waals surface area (Å²) in [5.41, 5.74) is 0.683. The lowest BCUT2D eigenvalue weighted by Crippen LogP contribution is -2.58. The van der Waals surface area contributed by atoms with Gasteiger partial charge >= 0.3 is 12.2 Å². The van der Waals surface area contributed by atoms with Crippen molar-refractivity contribution in [2.75, 3.05) is 13.1 Å². The normalized spacial score (nSPS) is 30.4. The number of alkyl carbamates (subject to hydrolysis) is 1. The van der Waals surface area contributed by atoms with E-state index in [1.807, 2.05) is 36.4 Å². The monoisotopic (exact) mass is 739 g/mol. The van der Waals surface area contributed by atoms with Crippen molar-refractivity contribution in [3.05, 3.63) is 47.5 Å². The summed E-state index contributed by atoms with van der Waals surface area (Å²) in [6, 6.07) is 5.74. The minimum atomic E-state index is -3.89. The summed E-state index contributed by atoms with van der Waals surface area (Å²) in [6.45, 7) is 0.738. The van der Waals surface area contributed by atoms with Gasteiger partial charge < -0.3 is 29.9 Å².